The van der Waals surface area contributed by atoms with Crippen molar-refractivity contribution < 1.29 is 14.3 Å². The smallest absolute Gasteiger partial charge is 0.256 e. The molecule has 130 valence electrons. The average Bonchev–Trinajstić information content (AvgIpc) is 2.61. The minimum absolute atomic E-state index is 0.153. The molecule has 0 saturated heterocycles. The van der Waals surface area contributed by atoms with E-state index < -0.39 is 5.60 Å². The molecule has 1 N–H and O–H groups in total. The van der Waals surface area contributed by atoms with Gasteiger partial charge in [-0.25, -0.2) is 0 Å². The van der Waals surface area contributed by atoms with Crippen LogP contribution in [0.2, 0.25) is 0 Å². The van der Waals surface area contributed by atoms with Gasteiger partial charge in [0.15, 0.2) is 0 Å². The maximum absolute atomic E-state index is 12.7. The fourth-order valence-corrected chi connectivity index (χ4v) is 2.62. The number of benzene rings is 1. The highest BCUT2D eigenvalue weighted by Gasteiger charge is 2.32. The topological polar surface area (TPSA) is 60.5 Å². The van der Waals surface area contributed by atoms with Crippen LogP contribution >= 0.6 is 0 Å². The molecule has 0 aliphatic carbocycles. The predicted molar refractivity (Wildman–Crippen MR) is 96.5 cm³/mol. The van der Waals surface area contributed by atoms with Crippen molar-refractivity contribution in [3.05, 3.63) is 30.5 Å². The first kappa shape index (κ1) is 18.2. The maximum Gasteiger partial charge on any atom is 0.256 e. The lowest BCUT2D eigenvalue weighted by atomic mass is 9.99. The molecule has 0 aliphatic heterocycles. The quantitative estimate of drug-likeness (QED) is 0.789. The highest BCUT2D eigenvalue weighted by Crippen LogP contribution is 2.31. The highest BCUT2D eigenvalue weighted by atomic mass is 16.5. The summed E-state index contributed by atoms with van der Waals surface area (Å²) in [4.78, 5) is 17.1. The van der Waals surface area contributed by atoms with Gasteiger partial charge in [0.2, 0.25) is 0 Å². The first-order valence-electron chi connectivity index (χ1n) is 8.42. The number of pyridine rings is 1. The van der Waals surface area contributed by atoms with E-state index in [0.29, 0.717) is 18.7 Å². The Hall–Kier alpha value is -2.14. The van der Waals surface area contributed by atoms with Gasteiger partial charge >= 0.3 is 0 Å². The minimum Gasteiger partial charge on any atom is -0.491 e. The Balaban J connectivity index is 2.35. The van der Waals surface area contributed by atoms with Crippen molar-refractivity contribution in [3.63, 3.8) is 0 Å². The van der Waals surface area contributed by atoms with Gasteiger partial charge in [-0.15, -0.1) is 0 Å². The number of carbonyl (C=O) groups is 1. The number of methoxy groups -OCH3 is 1. The molecular formula is C19H26N2O3. The Kier molecular flexibility index (Phi) is 6.15. The number of nitrogens with zero attached hydrogens (tertiary/aromatic N) is 1. The van der Waals surface area contributed by atoms with Crippen LogP contribution in [0.3, 0.4) is 0 Å². The Labute approximate surface area is 143 Å². The van der Waals surface area contributed by atoms with E-state index in [-0.39, 0.29) is 5.91 Å². The van der Waals surface area contributed by atoms with Gasteiger partial charge in [0.25, 0.3) is 5.91 Å². The number of hydrogen-bond acceptors (Lipinski definition) is 4. The Morgan fingerprint density at radius 1 is 1.25 bits per heavy atom. The number of nitrogens with one attached hydrogen (secondary N) is 1. The average molecular weight is 330 g/mol. The summed E-state index contributed by atoms with van der Waals surface area (Å²) < 4.78 is 11.2. The van der Waals surface area contributed by atoms with Crippen molar-refractivity contribution in [2.24, 2.45) is 0 Å². The Morgan fingerprint density at radius 3 is 2.71 bits per heavy atom. The third kappa shape index (κ3) is 3.85. The van der Waals surface area contributed by atoms with Gasteiger partial charge in [0.05, 0.1) is 12.3 Å². The van der Waals surface area contributed by atoms with Gasteiger partial charge in [-0.2, -0.15) is 0 Å². The van der Waals surface area contributed by atoms with Gasteiger partial charge in [-0.05, 0) is 44.0 Å². The van der Waals surface area contributed by atoms with Gasteiger partial charge in [0, 0.05) is 18.7 Å². The third-order valence-corrected chi connectivity index (χ3v) is 4.10. The molecule has 5 nitrogen and oxygen atoms in total. The van der Waals surface area contributed by atoms with Crippen molar-refractivity contribution >= 4 is 22.5 Å². The van der Waals surface area contributed by atoms with Crippen LogP contribution in [0.15, 0.2) is 30.5 Å². The molecule has 0 aliphatic rings. The van der Waals surface area contributed by atoms with Crippen LogP contribution in [0.4, 0.5) is 5.69 Å². The van der Waals surface area contributed by atoms with Crippen LogP contribution in [0.25, 0.3) is 10.9 Å². The molecule has 0 spiro atoms. The number of aromatic nitrogens is 1. The Morgan fingerprint density at radius 2 is 2.04 bits per heavy atom. The molecule has 2 aromatic rings. The largest absolute Gasteiger partial charge is 0.491 e. The van der Waals surface area contributed by atoms with Gasteiger partial charge in [-0.3, -0.25) is 9.78 Å². The van der Waals surface area contributed by atoms with E-state index in [4.69, 9.17) is 9.47 Å². The second-order valence-corrected chi connectivity index (χ2v) is 6.00. The van der Waals surface area contributed by atoms with Crippen LogP contribution in [0.1, 0.15) is 40.0 Å². The van der Waals surface area contributed by atoms with E-state index in [1.807, 2.05) is 38.1 Å². The van der Waals surface area contributed by atoms with Gasteiger partial charge in [0.1, 0.15) is 16.9 Å². The molecule has 1 aromatic heterocycles. The summed E-state index contributed by atoms with van der Waals surface area (Å²) in [5.74, 6) is 0.577. The van der Waals surface area contributed by atoms with E-state index in [2.05, 4.69) is 17.2 Å². The van der Waals surface area contributed by atoms with E-state index in [1.165, 1.54) is 0 Å². The zero-order valence-electron chi connectivity index (χ0n) is 14.9. The molecule has 1 unspecified atom stereocenters. The number of rotatable bonds is 8. The molecule has 0 radical (unpaired) electrons. The predicted octanol–water partition coefficient (Wildman–Crippen LogP) is 4.17. The summed E-state index contributed by atoms with van der Waals surface area (Å²) in [6, 6.07) is 7.49. The van der Waals surface area contributed by atoms with E-state index in [9.17, 15) is 4.79 Å². The Bertz CT molecular complexity index is 702. The van der Waals surface area contributed by atoms with Crippen LogP contribution in [0, 0.1) is 0 Å². The first-order chi connectivity index (χ1) is 11.6. The molecule has 1 amide bonds. The number of fused-ring (bicyclic) bond motifs is 1. The molecule has 5 heteroatoms. The minimum atomic E-state index is -0.847. The fraction of sp³-hybridized carbons (Fsp3) is 0.474. The fourth-order valence-electron chi connectivity index (χ4n) is 2.62. The molecule has 2 rings (SSSR count). The summed E-state index contributed by atoms with van der Waals surface area (Å²) in [5, 5.41) is 3.84. The van der Waals surface area contributed by atoms with E-state index >= 15 is 0 Å². The molecular weight excluding hydrogens is 304 g/mol. The van der Waals surface area contributed by atoms with Crippen LogP contribution < -0.4 is 10.1 Å². The van der Waals surface area contributed by atoms with E-state index in [1.54, 1.807) is 13.3 Å². The molecule has 24 heavy (non-hydrogen) atoms. The number of anilines is 1. The summed E-state index contributed by atoms with van der Waals surface area (Å²) in [6.07, 6.45) is 4.17. The normalized spacial score (nSPS) is 13.5. The molecule has 0 fully saturated rings. The molecule has 1 aromatic carbocycles. The first-order valence-corrected chi connectivity index (χ1v) is 8.42. The second kappa shape index (κ2) is 8.11. The van der Waals surface area contributed by atoms with Gasteiger partial charge in [-0.1, -0.05) is 20.3 Å². The summed E-state index contributed by atoms with van der Waals surface area (Å²) in [5.41, 5.74) is 0.616. The standard InChI is InChI=1S/C19H26N2O3/c1-5-11-19(3,23-4)18(22)21-15-9-10-16(24-13-6-2)17-14(15)8-7-12-20-17/h7-10,12H,5-6,11,13H2,1-4H3,(H,21,22). The lowest BCUT2D eigenvalue weighted by Crippen LogP contribution is -2.41. The lowest BCUT2D eigenvalue weighted by Gasteiger charge is -2.26. The van der Waals surface area contributed by atoms with Crippen molar-refractivity contribution in [2.45, 2.75) is 45.6 Å². The zero-order chi connectivity index (χ0) is 17.6. The van der Waals surface area contributed by atoms with Crippen molar-refractivity contribution in [1.82, 2.24) is 4.98 Å². The number of carbonyl (C=O) groups excluding carboxylic acids is 1. The van der Waals surface area contributed by atoms with Crippen LogP contribution in [0.5, 0.6) is 5.75 Å². The number of hydrogen-bond donors (Lipinski definition) is 1. The summed E-state index contributed by atoms with van der Waals surface area (Å²) in [7, 11) is 1.57. The molecule has 0 bridgehead atoms. The third-order valence-electron chi connectivity index (χ3n) is 4.10. The summed E-state index contributed by atoms with van der Waals surface area (Å²) in [6.45, 7) is 6.54. The molecule has 1 heterocycles. The maximum atomic E-state index is 12.7. The summed E-state index contributed by atoms with van der Waals surface area (Å²) >= 11 is 0. The van der Waals surface area contributed by atoms with Crippen LogP contribution in [-0.2, 0) is 9.53 Å². The van der Waals surface area contributed by atoms with Crippen molar-refractivity contribution in [2.75, 3.05) is 19.0 Å². The van der Waals surface area contributed by atoms with Gasteiger partial charge < -0.3 is 14.8 Å². The SMILES string of the molecule is CCCOc1ccc(NC(=O)C(C)(CCC)OC)c2cccnc12. The number of ether oxygens (including phenoxy) is 2. The zero-order valence-corrected chi connectivity index (χ0v) is 14.9. The number of amides is 1. The highest BCUT2D eigenvalue weighted by molar-refractivity contribution is 6.05. The van der Waals surface area contributed by atoms with Crippen molar-refractivity contribution in [1.29, 1.82) is 0 Å². The van der Waals surface area contributed by atoms with Crippen LogP contribution in [-0.4, -0.2) is 30.2 Å². The molecule has 1 atom stereocenters. The van der Waals surface area contributed by atoms with E-state index in [0.717, 1.165) is 29.5 Å². The molecule has 0 saturated carbocycles. The monoisotopic (exact) mass is 330 g/mol. The lowest BCUT2D eigenvalue weighted by molar-refractivity contribution is -0.136. The second-order valence-electron chi connectivity index (χ2n) is 6.00. The van der Waals surface area contributed by atoms with Crippen molar-refractivity contribution in [3.8, 4) is 5.75 Å².